The number of piperidine rings is 1. The van der Waals surface area contributed by atoms with Crippen molar-refractivity contribution in [3.05, 3.63) is 62.7 Å². The van der Waals surface area contributed by atoms with Crippen LogP contribution in [0, 0.1) is 17.0 Å². The first-order valence-corrected chi connectivity index (χ1v) is 8.95. The molecule has 0 aromatic heterocycles. The molecule has 0 unspecified atom stereocenters. The maximum Gasteiger partial charge on any atom is 0.273 e. The average Bonchev–Trinajstić information content (AvgIpc) is 2.62. The van der Waals surface area contributed by atoms with Gasteiger partial charge >= 0.3 is 0 Å². The summed E-state index contributed by atoms with van der Waals surface area (Å²) in [5, 5.41) is 14.6. The van der Waals surface area contributed by atoms with Gasteiger partial charge in [-0.3, -0.25) is 14.9 Å². The van der Waals surface area contributed by atoms with Gasteiger partial charge in [0, 0.05) is 30.3 Å². The summed E-state index contributed by atoms with van der Waals surface area (Å²) >= 11 is 6.40. The van der Waals surface area contributed by atoms with Crippen LogP contribution in [0.3, 0.4) is 0 Å². The quantitative estimate of drug-likeness (QED) is 0.617. The molecular weight excluding hydrogens is 354 g/mol. The molecule has 1 heterocycles. The molecule has 0 bridgehead atoms. The zero-order valence-corrected chi connectivity index (χ0v) is 15.3. The van der Waals surface area contributed by atoms with Crippen LogP contribution in [-0.2, 0) is 0 Å². The molecule has 1 N–H and O–H groups in total. The molecule has 0 aliphatic carbocycles. The predicted octanol–water partition coefficient (Wildman–Crippen LogP) is 4.80. The number of nitrogens with zero attached hydrogens (tertiary/aromatic N) is 2. The van der Waals surface area contributed by atoms with Gasteiger partial charge in [-0.2, -0.15) is 0 Å². The minimum atomic E-state index is -0.481. The van der Waals surface area contributed by atoms with E-state index in [1.54, 1.807) is 37.3 Å². The Balaban J connectivity index is 1.89. The van der Waals surface area contributed by atoms with Crippen molar-refractivity contribution < 1.29 is 9.72 Å². The second kappa shape index (κ2) is 7.74. The maximum absolute atomic E-state index is 12.7. The SMILES string of the molecule is Cc1ccc(C(=O)Nc2cccc(Cl)c2N2CCCCC2)cc1[N+](=O)[O-]. The molecule has 6 nitrogen and oxygen atoms in total. The van der Waals surface area contributed by atoms with Gasteiger partial charge in [0.05, 0.1) is 21.3 Å². The Kier molecular flexibility index (Phi) is 5.42. The van der Waals surface area contributed by atoms with Crippen LogP contribution in [0.2, 0.25) is 5.02 Å². The Morgan fingerprint density at radius 3 is 2.62 bits per heavy atom. The molecule has 1 amide bonds. The van der Waals surface area contributed by atoms with E-state index in [0.29, 0.717) is 16.3 Å². The fourth-order valence-corrected chi connectivity index (χ4v) is 3.49. The molecule has 0 spiro atoms. The molecule has 3 rings (SSSR count). The highest BCUT2D eigenvalue weighted by molar-refractivity contribution is 6.34. The number of nitrogens with one attached hydrogen (secondary N) is 1. The Morgan fingerprint density at radius 2 is 1.92 bits per heavy atom. The van der Waals surface area contributed by atoms with E-state index in [1.165, 1.54) is 12.5 Å². The monoisotopic (exact) mass is 373 g/mol. The fraction of sp³-hybridized carbons (Fsp3) is 0.316. The molecule has 1 saturated heterocycles. The Bertz CT molecular complexity index is 848. The van der Waals surface area contributed by atoms with Gasteiger partial charge in [0.15, 0.2) is 0 Å². The van der Waals surface area contributed by atoms with Crippen molar-refractivity contribution >= 4 is 34.6 Å². The van der Waals surface area contributed by atoms with E-state index in [-0.39, 0.29) is 11.3 Å². The molecule has 0 saturated carbocycles. The minimum Gasteiger partial charge on any atom is -0.369 e. The lowest BCUT2D eigenvalue weighted by Crippen LogP contribution is -2.30. The zero-order chi connectivity index (χ0) is 18.7. The first-order valence-electron chi connectivity index (χ1n) is 8.57. The van der Waals surface area contributed by atoms with E-state index in [1.807, 2.05) is 0 Å². The summed E-state index contributed by atoms with van der Waals surface area (Å²) in [6, 6.07) is 9.85. The summed E-state index contributed by atoms with van der Waals surface area (Å²) < 4.78 is 0. The van der Waals surface area contributed by atoms with Crippen LogP contribution in [0.15, 0.2) is 36.4 Å². The molecule has 2 aromatic rings. The summed E-state index contributed by atoms with van der Waals surface area (Å²) in [6.07, 6.45) is 3.36. The van der Waals surface area contributed by atoms with Gasteiger partial charge in [-0.1, -0.05) is 23.7 Å². The number of nitro benzene ring substituents is 1. The van der Waals surface area contributed by atoms with E-state index in [4.69, 9.17) is 11.6 Å². The van der Waals surface area contributed by atoms with Gasteiger partial charge in [-0.15, -0.1) is 0 Å². The third kappa shape index (κ3) is 3.80. The normalized spacial score (nSPS) is 14.2. The third-order valence-corrected chi connectivity index (χ3v) is 4.88. The number of benzene rings is 2. The van der Waals surface area contributed by atoms with Crippen molar-refractivity contribution in [2.24, 2.45) is 0 Å². The molecule has 1 aliphatic heterocycles. The fourth-order valence-electron chi connectivity index (χ4n) is 3.20. The van der Waals surface area contributed by atoms with Crippen LogP contribution in [0.4, 0.5) is 17.1 Å². The summed E-state index contributed by atoms with van der Waals surface area (Å²) in [5.74, 6) is -0.395. The van der Waals surface area contributed by atoms with Gasteiger partial charge in [0.1, 0.15) is 0 Å². The number of amides is 1. The van der Waals surface area contributed by atoms with Gasteiger partial charge in [-0.05, 0) is 44.4 Å². The standard InChI is InChI=1S/C19H20ClN3O3/c1-13-8-9-14(12-17(13)23(25)26)19(24)21-16-7-5-6-15(20)18(16)22-10-3-2-4-11-22/h5-9,12H,2-4,10-11H2,1H3,(H,21,24). The highest BCUT2D eigenvalue weighted by Crippen LogP contribution is 2.36. The molecular formula is C19H20ClN3O3. The topological polar surface area (TPSA) is 75.5 Å². The first-order chi connectivity index (χ1) is 12.5. The van der Waals surface area contributed by atoms with Gasteiger partial charge in [0.2, 0.25) is 0 Å². The predicted molar refractivity (Wildman–Crippen MR) is 103 cm³/mol. The Morgan fingerprint density at radius 1 is 1.19 bits per heavy atom. The number of anilines is 2. The number of halogens is 1. The van der Waals surface area contributed by atoms with Gasteiger partial charge < -0.3 is 10.2 Å². The number of hydrogen-bond acceptors (Lipinski definition) is 4. The molecule has 0 radical (unpaired) electrons. The number of para-hydroxylation sites is 1. The van der Waals surface area contributed by atoms with Crippen LogP contribution < -0.4 is 10.2 Å². The molecule has 2 aromatic carbocycles. The van der Waals surface area contributed by atoms with Crippen LogP contribution in [0.1, 0.15) is 35.2 Å². The number of carbonyl (C=O) groups excluding carboxylic acids is 1. The van der Waals surface area contributed by atoms with Crippen molar-refractivity contribution in [1.82, 2.24) is 0 Å². The molecule has 26 heavy (non-hydrogen) atoms. The number of rotatable bonds is 4. The number of carbonyl (C=O) groups is 1. The number of hydrogen-bond donors (Lipinski definition) is 1. The van der Waals surface area contributed by atoms with Crippen molar-refractivity contribution in [3.63, 3.8) is 0 Å². The summed E-state index contributed by atoms with van der Waals surface area (Å²) in [6.45, 7) is 3.43. The van der Waals surface area contributed by atoms with E-state index < -0.39 is 10.8 Å². The second-order valence-electron chi connectivity index (χ2n) is 6.40. The lowest BCUT2D eigenvalue weighted by molar-refractivity contribution is -0.385. The summed E-state index contributed by atoms with van der Waals surface area (Å²) in [7, 11) is 0. The zero-order valence-electron chi connectivity index (χ0n) is 14.5. The average molecular weight is 374 g/mol. The third-order valence-electron chi connectivity index (χ3n) is 4.58. The van der Waals surface area contributed by atoms with Gasteiger partial charge in [0.25, 0.3) is 11.6 Å². The first kappa shape index (κ1) is 18.2. The van der Waals surface area contributed by atoms with Crippen LogP contribution in [0.5, 0.6) is 0 Å². The number of nitro groups is 1. The van der Waals surface area contributed by atoms with E-state index in [9.17, 15) is 14.9 Å². The van der Waals surface area contributed by atoms with E-state index in [0.717, 1.165) is 31.6 Å². The number of aryl methyl sites for hydroxylation is 1. The molecule has 0 atom stereocenters. The lowest BCUT2D eigenvalue weighted by atomic mass is 10.1. The highest BCUT2D eigenvalue weighted by Gasteiger charge is 2.20. The van der Waals surface area contributed by atoms with Crippen molar-refractivity contribution in [2.75, 3.05) is 23.3 Å². The smallest absolute Gasteiger partial charge is 0.273 e. The molecule has 1 aliphatic rings. The summed E-state index contributed by atoms with van der Waals surface area (Å²) in [5.41, 5.74) is 2.12. The molecule has 136 valence electrons. The van der Waals surface area contributed by atoms with Crippen LogP contribution in [0.25, 0.3) is 0 Å². The van der Waals surface area contributed by atoms with E-state index >= 15 is 0 Å². The Hall–Kier alpha value is -2.60. The van der Waals surface area contributed by atoms with Crippen LogP contribution >= 0.6 is 11.6 Å². The summed E-state index contributed by atoms with van der Waals surface area (Å²) in [4.78, 5) is 25.5. The minimum absolute atomic E-state index is 0.0694. The van der Waals surface area contributed by atoms with Gasteiger partial charge in [-0.25, -0.2) is 0 Å². The molecule has 7 heteroatoms. The van der Waals surface area contributed by atoms with Crippen molar-refractivity contribution in [2.45, 2.75) is 26.2 Å². The second-order valence-corrected chi connectivity index (χ2v) is 6.80. The van der Waals surface area contributed by atoms with Crippen molar-refractivity contribution in [1.29, 1.82) is 0 Å². The molecule has 1 fully saturated rings. The Labute approximate surface area is 156 Å². The van der Waals surface area contributed by atoms with Crippen LogP contribution in [-0.4, -0.2) is 23.9 Å². The largest absolute Gasteiger partial charge is 0.369 e. The lowest BCUT2D eigenvalue weighted by Gasteiger charge is -2.31. The maximum atomic E-state index is 12.7. The van der Waals surface area contributed by atoms with Crippen molar-refractivity contribution in [3.8, 4) is 0 Å². The highest BCUT2D eigenvalue weighted by atomic mass is 35.5. The van der Waals surface area contributed by atoms with E-state index in [2.05, 4.69) is 10.2 Å².